The highest BCUT2D eigenvalue weighted by molar-refractivity contribution is 5.80. The van der Waals surface area contributed by atoms with Crippen LogP contribution in [0.1, 0.15) is 24.9 Å². The molecule has 1 fully saturated rings. The second-order valence-electron chi connectivity index (χ2n) is 4.42. The van der Waals surface area contributed by atoms with Gasteiger partial charge in [0.25, 0.3) is 5.91 Å². The number of nitrogens with zero attached hydrogens (tertiary/aromatic N) is 2. The molecule has 1 aromatic rings. The van der Waals surface area contributed by atoms with Crippen LogP contribution in [-0.2, 0) is 14.4 Å². The third kappa shape index (κ3) is 3.88. The van der Waals surface area contributed by atoms with Crippen LogP contribution >= 0.6 is 0 Å². The minimum absolute atomic E-state index is 0.159. The smallest absolute Gasteiger partial charge is 0.279 e. The lowest BCUT2D eigenvalue weighted by Crippen LogP contribution is -2.40. The van der Waals surface area contributed by atoms with Crippen LogP contribution in [0.3, 0.4) is 0 Å². The van der Waals surface area contributed by atoms with Crippen molar-refractivity contribution in [3.05, 3.63) is 29.8 Å². The zero-order valence-corrected chi connectivity index (χ0v) is 10.9. The van der Waals surface area contributed by atoms with E-state index in [0.29, 0.717) is 12.0 Å². The molecule has 116 valence electrons. The molecule has 2 heterocycles. The van der Waals surface area contributed by atoms with Crippen molar-refractivity contribution in [2.24, 2.45) is 0 Å². The molecule has 0 unspecified atom stereocenters. The summed E-state index contributed by atoms with van der Waals surface area (Å²) >= 11 is 0. The minimum Gasteiger partial charge on any atom is -0.279 e. The summed E-state index contributed by atoms with van der Waals surface area (Å²) < 4.78 is 52.8. The predicted octanol–water partition coefficient (Wildman–Crippen LogP) is 2.35. The lowest BCUT2D eigenvalue weighted by atomic mass is 10.1. The summed E-state index contributed by atoms with van der Waals surface area (Å²) in [5.41, 5.74) is 0.474. The topological polar surface area (TPSA) is 51.7 Å². The Morgan fingerprint density at radius 1 is 1.52 bits per heavy atom. The number of carbonyl (C=O) groups is 1. The van der Waals surface area contributed by atoms with Gasteiger partial charge in [-0.2, -0.15) is 4.39 Å². The highest BCUT2D eigenvalue weighted by Crippen LogP contribution is 2.31. The number of hydrogen-bond acceptors (Lipinski definition) is 4. The monoisotopic (exact) mass is 308 g/mol. The SMILES string of the molecule is C[C@H](OC(F)(F)F)C(=O)N1OCC[C@H]1c1ccc(F)nc1. The van der Waals surface area contributed by atoms with Gasteiger partial charge < -0.3 is 0 Å². The van der Waals surface area contributed by atoms with Gasteiger partial charge in [0.1, 0.15) is 6.10 Å². The summed E-state index contributed by atoms with van der Waals surface area (Å²) in [6.07, 6.45) is -5.07. The average molecular weight is 308 g/mol. The molecule has 21 heavy (non-hydrogen) atoms. The maximum Gasteiger partial charge on any atom is 0.523 e. The molecule has 0 radical (unpaired) electrons. The second-order valence-corrected chi connectivity index (χ2v) is 4.42. The third-order valence-corrected chi connectivity index (χ3v) is 2.92. The lowest BCUT2D eigenvalue weighted by molar-refractivity contribution is -0.338. The highest BCUT2D eigenvalue weighted by Gasteiger charge is 2.40. The number of ether oxygens (including phenoxy) is 1. The molecule has 0 spiro atoms. The number of carbonyl (C=O) groups excluding carboxylic acids is 1. The van der Waals surface area contributed by atoms with Gasteiger partial charge in [-0.1, -0.05) is 6.07 Å². The molecule has 2 rings (SSSR count). The molecule has 1 aliphatic rings. The van der Waals surface area contributed by atoms with Crippen molar-refractivity contribution in [1.82, 2.24) is 10.0 Å². The summed E-state index contributed by atoms with van der Waals surface area (Å²) in [5, 5.41) is 0.825. The molecule has 2 atom stereocenters. The van der Waals surface area contributed by atoms with Crippen LogP contribution in [0.5, 0.6) is 0 Å². The zero-order chi connectivity index (χ0) is 15.6. The van der Waals surface area contributed by atoms with Crippen molar-refractivity contribution in [1.29, 1.82) is 0 Å². The Kier molecular flexibility index (Phi) is 4.43. The van der Waals surface area contributed by atoms with E-state index in [1.165, 1.54) is 12.3 Å². The van der Waals surface area contributed by atoms with Gasteiger partial charge in [-0.25, -0.2) is 10.0 Å². The van der Waals surface area contributed by atoms with Crippen LogP contribution in [-0.4, -0.2) is 35.0 Å². The van der Waals surface area contributed by atoms with Crippen LogP contribution in [0, 0.1) is 5.95 Å². The highest BCUT2D eigenvalue weighted by atomic mass is 19.4. The molecule has 0 bridgehead atoms. The van der Waals surface area contributed by atoms with E-state index in [4.69, 9.17) is 4.84 Å². The Hall–Kier alpha value is -1.74. The van der Waals surface area contributed by atoms with Gasteiger partial charge in [0.2, 0.25) is 5.95 Å². The Morgan fingerprint density at radius 2 is 2.24 bits per heavy atom. The molecule has 9 heteroatoms. The summed E-state index contributed by atoms with van der Waals surface area (Å²) in [7, 11) is 0. The maximum absolute atomic E-state index is 12.8. The first kappa shape index (κ1) is 15.6. The second kappa shape index (κ2) is 5.94. The quantitative estimate of drug-likeness (QED) is 0.635. The molecule has 0 N–H and O–H groups in total. The molecule has 1 aliphatic heterocycles. The van der Waals surface area contributed by atoms with Gasteiger partial charge >= 0.3 is 6.36 Å². The molecule has 1 amide bonds. The summed E-state index contributed by atoms with van der Waals surface area (Å²) in [5.74, 6) is -1.65. The normalized spacial score (nSPS) is 20.6. The molecule has 0 aromatic carbocycles. The van der Waals surface area contributed by atoms with Crippen molar-refractivity contribution in [3.8, 4) is 0 Å². The molecule has 1 aromatic heterocycles. The van der Waals surface area contributed by atoms with Crippen molar-refractivity contribution >= 4 is 5.91 Å². The number of amides is 1. The van der Waals surface area contributed by atoms with Crippen LogP contribution in [0.25, 0.3) is 0 Å². The standard InChI is InChI=1S/C12H12F4N2O3/c1-7(21-12(14,15)16)11(19)18-9(4-5-20-18)8-2-3-10(13)17-6-8/h2-3,6-7,9H,4-5H2,1H3/t7-,9-/m0/s1. The summed E-state index contributed by atoms with van der Waals surface area (Å²) in [4.78, 5) is 20.5. The first-order valence-corrected chi connectivity index (χ1v) is 6.10. The fraction of sp³-hybridized carbons (Fsp3) is 0.500. The largest absolute Gasteiger partial charge is 0.523 e. The van der Waals surface area contributed by atoms with E-state index in [9.17, 15) is 22.4 Å². The van der Waals surface area contributed by atoms with E-state index in [0.717, 1.165) is 18.1 Å². The van der Waals surface area contributed by atoms with Gasteiger partial charge in [-0.3, -0.25) is 14.4 Å². The minimum atomic E-state index is -4.91. The molecular formula is C12H12F4N2O3. The van der Waals surface area contributed by atoms with Crippen LogP contribution in [0.15, 0.2) is 18.3 Å². The van der Waals surface area contributed by atoms with Gasteiger partial charge in [0.15, 0.2) is 0 Å². The first-order chi connectivity index (χ1) is 9.78. The van der Waals surface area contributed by atoms with Gasteiger partial charge in [-0.15, -0.1) is 13.2 Å². The van der Waals surface area contributed by atoms with Crippen molar-refractivity contribution in [2.45, 2.75) is 31.9 Å². The van der Waals surface area contributed by atoms with Crippen molar-refractivity contribution in [2.75, 3.05) is 6.61 Å². The van der Waals surface area contributed by atoms with E-state index >= 15 is 0 Å². The Morgan fingerprint density at radius 3 is 2.81 bits per heavy atom. The summed E-state index contributed by atoms with van der Waals surface area (Å²) in [6.45, 7) is 1.14. The number of aromatic nitrogens is 1. The number of rotatable bonds is 3. The number of alkyl halides is 3. The Bertz CT molecular complexity index is 506. The van der Waals surface area contributed by atoms with Crippen LogP contribution in [0.2, 0.25) is 0 Å². The van der Waals surface area contributed by atoms with E-state index in [2.05, 4.69) is 9.72 Å². The number of hydroxylamine groups is 2. The summed E-state index contributed by atoms with van der Waals surface area (Å²) in [6, 6.07) is 1.88. The van der Waals surface area contributed by atoms with Crippen molar-refractivity contribution < 1.29 is 31.9 Å². The van der Waals surface area contributed by atoms with Crippen molar-refractivity contribution in [3.63, 3.8) is 0 Å². The van der Waals surface area contributed by atoms with E-state index < -0.39 is 30.4 Å². The molecule has 1 saturated heterocycles. The zero-order valence-electron chi connectivity index (χ0n) is 10.9. The molecular weight excluding hydrogens is 296 g/mol. The molecule has 0 saturated carbocycles. The number of pyridine rings is 1. The van der Waals surface area contributed by atoms with E-state index in [1.807, 2.05) is 0 Å². The predicted molar refractivity (Wildman–Crippen MR) is 61.0 cm³/mol. The fourth-order valence-corrected chi connectivity index (χ4v) is 2.00. The fourth-order valence-electron chi connectivity index (χ4n) is 2.00. The molecule has 5 nitrogen and oxygen atoms in total. The van der Waals surface area contributed by atoms with Gasteiger partial charge in [0.05, 0.1) is 12.6 Å². The third-order valence-electron chi connectivity index (χ3n) is 2.92. The molecule has 0 aliphatic carbocycles. The maximum atomic E-state index is 12.8. The van der Waals surface area contributed by atoms with Crippen LogP contribution < -0.4 is 0 Å². The number of halogens is 4. The Balaban J connectivity index is 2.11. The van der Waals surface area contributed by atoms with Gasteiger partial charge in [0, 0.05) is 12.6 Å². The lowest BCUT2D eigenvalue weighted by Gasteiger charge is -2.25. The average Bonchev–Trinajstić information content (AvgIpc) is 2.85. The van der Waals surface area contributed by atoms with E-state index in [-0.39, 0.29) is 6.61 Å². The van der Waals surface area contributed by atoms with E-state index in [1.54, 1.807) is 0 Å². The Labute approximate surface area is 117 Å². The number of hydrogen-bond donors (Lipinski definition) is 0. The first-order valence-electron chi connectivity index (χ1n) is 6.10. The van der Waals surface area contributed by atoms with Crippen LogP contribution in [0.4, 0.5) is 17.6 Å². The van der Waals surface area contributed by atoms with Gasteiger partial charge in [-0.05, 0) is 18.6 Å².